The number of amides is 1. The Labute approximate surface area is 176 Å². The minimum absolute atomic E-state index is 0.0254. The van der Waals surface area contributed by atoms with Gasteiger partial charge in [-0.15, -0.1) is 16.8 Å². The van der Waals surface area contributed by atoms with Crippen molar-refractivity contribution in [2.24, 2.45) is 11.8 Å². The number of thioether (sulfide) groups is 1. The average molecular weight is 417 g/mol. The first-order valence-electron chi connectivity index (χ1n) is 10.2. The Morgan fingerprint density at radius 1 is 1.34 bits per heavy atom. The lowest BCUT2D eigenvalue weighted by molar-refractivity contribution is -0.121. The van der Waals surface area contributed by atoms with Crippen LogP contribution in [-0.4, -0.2) is 32.0 Å². The number of aromatic nitrogens is 3. The zero-order chi connectivity index (χ0) is 21.0. The molecule has 0 radical (unpaired) electrons. The van der Waals surface area contributed by atoms with E-state index in [4.69, 9.17) is 0 Å². The van der Waals surface area contributed by atoms with Crippen LogP contribution in [0.15, 0.2) is 42.1 Å². The highest BCUT2D eigenvalue weighted by molar-refractivity contribution is 8.00. The van der Waals surface area contributed by atoms with Gasteiger partial charge in [-0.2, -0.15) is 0 Å². The van der Waals surface area contributed by atoms with Gasteiger partial charge < -0.3 is 5.32 Å². The topological polar surface area (TPSA) is 59.8 Å². The van der Waals surface area contributed by atoms with Crippen LogP contribution in [0, 0.1) is 17.7 Å². The zero-order valence-corrected chi connectivity index (χ0v) is 18.1. The Morgan fingerprint density at radius 3 is 2.76 bits per heavy atom. The summed E-state index contributed by atoms with van der Waals surface area (Å²) >= 11 is 1.38. The van der Waals surface area contributed by atoms with Crippen molar-refractivity contribution in [2.45, 2.75) is 63.0 Å². The van der Waals surface area contributed by atoms with Gasteiger partial charge in [0.05, 0.1) is 5.25 Å². The van der Waals surface area contributed by atoms with Crippen LogP contribution in [0.4, 0.5) is 4.39 Å². The van der Waals surface area contributed by atoms with Gasteiger partial charge in [-0.1, -0.05) is 44.5 Å². The summed E-state index contributed by atoms with van der Waals surface area (Å²) in [6.45, 7) is 10.7. The summed E-state index contributed by atoms with van der Waals surface area (Å²) in [5.74, 6) is 1.48. The van der Waals surface area contributed by atoms with Crippen LogP contribution in [0.5, 0.6) is 0 Å². The molecule has 156 valence electrons. The van der Waals surface area contributed by atoms with E-state index in [0.717, 1.165) is 18.4 Å². The number of nitrogens with one attached hydrogen (secondary N) is 1. The fourth-order valence-corrected chi connectivity index (χ4v) is 4.65. The molecule has 0 aliphatic heterocycles. The molecule has 0 bridgehead atoms. The molecule has 1 aromatic carbocycles. The molecule has 1 heterocycles. The van der Waals surface area contributed by atoms with Crippen LogP contribution in [-0.2, 0) is 11.3 Å². The number of carbonyl (C=O) groups is 1. The van der Waals surface area contributed by atoms with Gasteiger partial charge in [0.2, 0.25) is 5.91 Å². The Morgan fingerprint density at radius 2 is 2.07 bits per heavy atom. The molecule has 5 nitrogen and oxygen atoms in total. The van der Waals surface area contributed by atoms with Crippen molar-refractivity contribution in [1.29, 1.82) is 0 Å². The van der Waals surface area contributed by atoms with Crippen LogP contribution >= 0.6 is 11.8 Å². The molecule has 4 atom stereocenters. The normalized spacial score (nSPS) is 22.8. The number of halogens is 1. The first-order valence-corrected chi connectivity index (χ1v) is 11.1. The Kier molecular flexibility index (Phi) is 7.11. The van der Waals surface area contributed by atoms with E-state index in [1.165, 1.54) is 30.3 Å². The molecule has 29 heavy (non-hydrogen) atoms. The molecular formula is C22H29FN4OS. The second-order valence-electron chi connectivity index (χ2n) is 7.85. The average Bonchev–Trinajstić information content (AvgIpc) is 3.08. The van der Waals surface area contributed by atoms with E-state index in [1.807, 2.05) is 11.5 Å². The number of benzene rings is 1. The van der Waals surface area contributed by atoms with Gasteiger partial charge in [-0.05, 0) is 49.4 Å². The summed E-state index contributed by atoms with van der Waals surface area (Å²) in [7, 11) is 0. The summed E-state index contributed by atoms with van der Waals surface area (Å²) in [6, 6.07) is 6.38. The van der Waals surface area contributed by atoms with E-state index in [-0.39, 0.29) is 23.0 Å². The first-order chi connectivity index (χ1) is 13.9. The molecule has 7 heteroatoms. The largest absolute Gasteiger partial charge is 0.352 e. The van der Waals surface area contributed by atoms with Crippen molar-refractivity contribution in [3.05, 3.63) is 42.7 Å². The third-order valence-electron chi connectivity index (χ3n) is 5.82. The van der Waals surface area contributed by atoms with Gasteiger partial charge in [-0.25, -0.2) is 4.39 Å². The molecule has 0 unspecified atom stereocenters. The molecule has 2 aromatic rings. The molecule has 1 aliphatic rings. The lowest BCUT2D eigenvalue weighted by Gasteiger charge is -2.35. The van der Waals surface area contributed by atoms with Gasteiger partial charge in [0.25, 0.3) is 0 Å². The van der Waals surface area contributed by atoms with Crippen LogP contribution in [0.1, 0.15) is 40.0 Å². The summed E-state index contributed by atoms with van der Waals surface area (Å²) in [5, 5.41) is 12.1. The number of nitrogens with zero attached hydrogens (tertiary/aromatic N) is 3. The summed E-state index contributed by atoms with van der Waals surface area (Å²) < 4.78 is 15.2. The highest BCUT2D eigenvalue weighted by atomic mass is 32.2. The number of hydrogen-bond acceptors (Lipinski definition) is 4. The SMILES string of the molecule is C=CCn1c(S[C@H](C)C(=O)N[C@H]2CCC[C@@H](C)[C@H]2C)nnc1-c1ccc(F)cc1. The lowest BCUT2D eigenvalue weighted by Crippen LogP contribution is -2.46. The van der Waals surface area contributed by atoms with Crippen LogP contribution in [0.2, 0.25) is 0 Å². The monoisotopic (exact) mass is 416 g/mol. The van der Waals surface area contributed by atoms with Gasteiger partial charge in [0.1, 0.15) is 5.82 Å². The summed E-state index contributed by atoms with van der Waals surface area (Å²) in [6.07, 6.45) is 5.19. The molecule has 1 N–H and O–H groups in total. The highest BCUT2D eigenvalue weighted by Crippen LogP contribution is 2.31. The lowest BCUT2D eigenvalue weighted by atomic mass is 9.78. The molecule has 1 amide bonds. The Bertz CT molecular complexity index is 851. The quantitative estimate of drug-likeness (QED) is 0.525. The van der Waals surface area contributed by atoms with E-state index < -0.39 is 0 Å². The molecule has 0 saturated heterocycles. The smallest absolute Gasteiger partial charge is 0.233 e. The van der Waals surface area contributed by atoms with Crippen molar-refractivity contribution >= 4 is 17.7 Å². The van der Waals surface area contributed by atoms with Gasteiger partial charge in [0.15, 0.2) is 11.0 Å². The highest BCUT2D eigenvalue weighted by Gasteiger charge is 2.30. The number of allylic oxidation sites excluding steroid dienone is 1. The summed E-state index contributed by atoms with van der Waals surface area (Å²) in [4.78, 5) is 12.8. The van der Waals surface area contributed by atoms with Gasteiger partial charge in [0, 0.05) is 18.2 Å². The fourth-order valence-electron chi connectivity index (χ4n) is 3.78. The molecule has 1 fully saturated rings. The minimum atomic E-state index is -0.298. The molecule has 1 aromatic heterocycles. The molecule has 1 saturated carbocycles. The maximum Gasteiger partial charge on any atom is 0.233 e. The summed E-state index contributed by atoms with van der Waals surface area (Å²) in [5.41, 5.74) is 0.773. The van der Waals surface area contributed by atoms with E-state index in [1.54, 1.807) is 18.2 Å². The van der Waals surface area contributed by atoms with Gasteiger partial charge in [-0.3, -0.25) is 9.36 Å². The number of hydrogen-bond donors (Lipinski definition) is 1. The van der Waals surface area contributed by atoms with Crippen molar-refractivity contribution in [2.75, 3.05) is 0 Å². The first kappa shape index (κ1) is 21.6. The molecule has 3 rings (SSSR count). The molecule has 0 spiro atoms. The van der Waals surface area contributed by atoms with E-state index in [2.05, 4.69) is 35.9 Å². The standard InChI is InChI=1S/C22H29FN4OS/c1-5-13-27-20(17-9-11-18(23)12-10-17)25-26-22(27)29-16(4)21(28)24-19-8-6-7-14(2)15(19)3/h5,9-12,14-16,19H,1,6-8,13H2,2-4H3,(H,24,28)/t14-,15-,16-,19+/m1/s1. The van der Waals surface area contributed by atoms with Crippen LogP contribution in [0.3, 0.4) is 0 Å². The second kappa shape index (κ2) is 9.57. The third-order valence-corrected chi connectivity index (χ3v) is 6.90. The second-order valence-corrected chi connectivity index (χ2v) is 9.16. The zero-order valence-electron chi connectivity index (χ0n) is 17.3. The minimum Gasteiger partial charge on any atom is -0.352 e. The predicted molar refractivity (Wildman–Crippen MR) is 115 cm³/mol. The van der Waals surface area contributed by atoms with Crippen molar-refractivity contribution in [1.82, 2.24) is 20.1 Å². The van der Waals surface area contributed by atoms with E-state index in [9.17, 15) is 9.18 Å². The van der Waals surface area contributed by atoms with Gasteiger partial charge >= 0.3 is 0 Å². The number of carbonyl (C=O) groups excluding carboxylic acids is 1. The van der Waals surface area contributed by atoms with E-state index >= 15 is 0 Å². The van der Waals surface area contributed by atoms with Crippen LogP contribution < -0.4 is 5.32 Å². The van der Waals surface area contributed by atoms with Crippen molar-refractivity contribution in [3.8, 4) is 11.4 Å². The number of rotatable bonds is 7. The fraction of sp³-hybridized carbons (Fsp3) is 0.500. The van der Waals surface area contributed by atoms with Crippen LogP contribution in [0.25, 0.3) is 11.4 Å². The van der Waals surface area contributed by atoms with Crippen molar-refractivity contribution < 1.29 is 9.18 Å². The van der Waals surface area contributed by atoms with Crippen molar-refractivity contribution in [3.63, 3.8) is 0 Å². The Hall–Kier alpha value is -2.15. The predicted octanol–water partition coefficient (Wildman–Crippen LogP) is 4.69. The maximum absolute atomic E-state index is 13.3. The van der Waals surface area contributed by atoms with E-state index in [0.29, 0.717) is 29.4 Å². The third kappa shape index (κ3) is 5.07. The molecular weight excluding hydrogens is 387 g/mol. The maximum atomic E-state index is 13.3. The Balaban J connectivity index is 1.72. The molecule has 1 aliphatic carbocycles.